The molecule has 0 radical (unpaired) electrons. The molecule has 100 valence electrons. The van der Waals surface area contributed by atoms with Crippen LogP contribution in [0, 0.1) is 5.82 Å². The summed E-state index contributed by atoms with van der Waals surface area (Å²) in [4.78, 5) is 11.8. The van der Waals surface area contributed by atoms with Crippen LogP contribution in [0.25, 0.3) is 0 Å². The highest BCUT2D eigenvalue weighted by molar-refractivity contribution is 7.17. The van der Waals surface area contributed by atoms with Gasteiger partial charge in [-0.1, -0.05) is 29.5 Å². The molecule has 0 bridgehead atoms. The van der Waals surface area contributed by atoms with Crippen molar-refractivity contribution in [1.82, 2.24) is 15.5 Å². The molecule has 0 aliphatic carbocycles. The van der Waals surface area contributed by atoms with Crippen molar-refractivity contribution >= 4 is 22.4 Å². The first kappa shape index (κ1) is 13.4. The van der Waals surface area contributed by atoms with Crippen molar-refractivity contribution in [3.05, 3.63) is 40.7 Å². The third-order valence-electron chi connectivity index (χ3n) is 2.34. The molecule has 1 aromatic carbocycles. The van der Waals surface area contributed by atoms with Crippen molar-refractivity contribution in [2.75, 3.05) is 11.9 Å². The zero-order valence-electron chi connectivity index (χ0n) is 10.3. The number of nitrogens with one attached hydrogen (secondary N) is 2. The highest BCUT2D eigenvalue weighted by Gasteiger charge is 2.12. The first-order valence-electron chi connectivity index (χ1n) is 5.79. The molecule has 1 heterocycles. The second-order valence-corrected chi connectivity index (χ2v) is 4.69. The Labute approximate surface area is 113 Å². The van der Waals surface area contributed by atoms with Crippen molar-refractivity contribution in [2.24, 2.45) is 0 Å². The number of carbonyl (C=O) groups excluding carboxylic acids is 1. The molecule has 0 spiro atoms. The SMILES string of the molecule is CCNc1nnc(C(=O)NCc2ccccc2F)s1. The molecule has 0 saturated heterocycles. The predicted octanol–water partition coefficient (Wildman–Crippen LogP) is 2.04. The van der Waals surface area contributed by atoms with Crippen LogP contribution in [0.3, 0.4) is 0 Å². The van der Waals surface area contributed by atoms with E-state index in [-0.39, 0.29) is 23.3 Å². The van der Waals surface area contributed by atoms with E-state index in [1.165, 1.54) is 17.4 Å². The highest BCUT2D eigenvalue weighted by Crippen LogP contribution is 2.14. The standard InChI is InChI=1S/C12H13FN4OS/c1-2-14-12-17-16-11(19-12)10(18)15-7-8-5-3-4-6-9(8)13/h3-6H,2,7H2,1H3,(H,14,17)(H,15,18). The number of aromatic nitrogens is 2. The molecule has 5 nitrogen and oxygen atoms in total. The first-order valence-corrected chi connectivity index (χ1v) is 6.61. The van der Waals surface area contributed by atoms with Crippen molar-refractivity contribution in [3.63, 3.8) is 0 Å². The summed E-state index contributed by atoms with van der Waals surface area (Å²) in [6, 6.07) is 6.31. The molecule has 2 aromatic rings. The molecule has 0 fully saturated rings. The van der Waals surface area contributed by atoms with Crippen molar-refractivity contribution in [3.8, 4) is 0 Å². The zero-order valence-corrected chi connectivity index (χ0v) is 11.1. The van der Waals surface area contributed by atoms with Crippen molar-refractivity contribution in [2.45, 2.75) is 13.5 Å². The van der Waals surface area contributed by atoms with Crippen LogP contribution in [-0.2, 0) is 6.54 Å². The third-order valence-corrected chi connectivity index (χ3v) is 3.22. The van der Waals surface area contributed by atoms with Gasteiger partial charge >= 0.3 is 0 Å². The van der Waals surface area contributed by atoms with Crippen LogP contribution in [0.2, 0.25) is 0 Å². The minimum Gasteiger partial charge on any atom is -0.360 e. The molecule has 0 atom stereocenters. The number of benzene rings is 1. The normalized spacial score (nSPS) is 10.2. The summed E-state index contributed by atoms with van der Waals surface area (Å²) < 4.78 is 13.4. The number of nitrogens with zero attached hydrogens (tertiary/aromatic N) is 2. The molecule has 7 heteroatoms. The second-order valence-electron chi connectivity index (χ2n) is 3.72. The maximum absolute atomic E-state index is 13.4. The number of halogens is 1. The van der Waals surface area contributed by atoms with Gasteiger partial charge in [0.1, 0.15) is 5.82 Å². The number of rotatable bonds is 5. The Balaban J connectivity index is 1.95. The fourth-order valence-electron chi connectivity index (χ4n) is 1.43. The molecule has 0 unspecified atom stereocenters. The maximum atomic E-state index is 13.4. The molecular formula is C12H13FN4OS. The number of carbonyl (C=O) groups is 1. The van der Waals surface area contributed by atoms with Gasteiger partial charge < -0.3 is 10.6 Å². The Hall–Kier alpha value is -2.02. The van der Waals surface area contributed by atoms with E-state index in [1.807, 2.05) is 6.92 Å². The molecular weight excluding hydrogens is 267 g/mol. The summed E-state index contributed by atoms with van der Waals surface area (Å²) in [6.07, 6.45) is 0. The van der Waals surface area contributed by atoms with Crippen LogP contribution in [-0.4, -0.2) is 22.6 Å². The smallest absolute Gasteiger partial charge is 0.282 e. The number of anilines is 1. The summed E-state index contributed by atoms with van der Waals surface area (Å²) in [5.74, 6) is -0.696. The quantitative estimate of drug-likeness (QED) is 0.879. The van der Waals surface area contributed by atoms with Gasteiger partial charge in [-0.2, -0.15) is 0 Å². The predicted molar refractivity (Wildman–Crippen MR) is 71.6 cm³/mol. The lowest BCUT2D eigenvalue weighted by Crippen LogP contribution is -2.23. The van der Waals surface area contributed by atoms with E-state index in [0.29, 0.717) is 17.2 Å². The monoisotopic (exact) mass is 280 g/mol. The topological polar surface area (TPSA) is 66.9 Å². The van der Waals surface area contributed by atoms with E-state index in [1.54, 1.807) is 18.2 Å². The second kappa shape index (κ2) is 6.24. The molecule has 2 rings (SSSR count). The average Bonchev–Trinajstić information content (AvgIpc) is 2.87. The summed E-state index contributed by atoms with van der Waals surface area (Å²) in [6.45, 7) is 2.77. The lowest BCUT2D eigenvalue weighted by Gasteiger charge is -2.03. The lowest BCUT2D eigenvalue weighted by atomic mass is 10.2. The van der Waals surface area contributed by atoms with Gasteiger partial charge in [0.2, 0.25) is 10.1 Å². The fraction of sp³-hybridized carbons (Fsp3) is 0.250. The number of hydrogen-bond donors (Lipinski definition) is 2. The largest absolute Gasteiger partial charge is 0.360 e. The lowest BCUT2D eigenvalue weighted by molar-refractivity contribution is 0.0949. The van der Waals surface area contributed by atoms with E-state index in [9.17, 15) is 9.18 Å². The molecule has 1 aromatic heterocycles. The Morgan fingerprint density at radius 2 is 2.16 bits per heavy atom. The van der Waals surface area contributed by atoms with Crippen LogP contribution >= 0.6 is 11.3 Å². The van der Waals surface area contributed by atoms with Gasteiger partial charge in [-0.05, 0) is 13.0 Å². The van der Waals surface area contributed by atoms with Gasteiger partial charge in [0, 0.05) is 18.7 Å². The first-order chi connectivity index (χ1) is 9.20. The van der Waals surface area contributed by atoms with Crippen LogP contribution in [0.4, 0.5) is 9.52 Å². The van der Waals surface area contributed by atoms with Crippen LogP contribution in [0.1, 0.15) is 22.3 Å². The third kappa shape index (κ3) is 3.47. The van der Waals surface area contributed by atoms with Gasteiger partial charge in [0.05, 0.1) is 0 Å². The van der Waals surface area contributed by atoms with Crippen molar-refractivity contribution < 1.29 is 9.18 Å². The number of amides is 1. The minimum atomic E-state index is -0.357. The molecule has 0 saturated carbocycles. The maximum Gasteiger partial charge on any atom is 0.282 e. The van der Waals surface area contributed by atoms with Gasteiger partial charge in [-0.15, -0.1) is 10.2 Å². The fourth-order valence-corrected chi connectivity index (χ4v) is 2.16. The number of hydrogen-bond acceptors (Lipinski definition) is 5. The van der Waals surface area contributed by atoms with Crippen LogP contribution in [0.5, 0.6) is 0 Å². The van der Waals surface area contributed by atoms with Crippen LogP contribution in [0.15, 0.2) is 24.3 Å². The van der Waals surface area contributed by atoms with E-state index in [4.69, 9.17) is 0 Å². The van der Waals surface area contributed by atoms with Gasteiger partial charge in [-0.3, -0.25) is 4.79 Å². The van der Waals surface area contributed by atoms with Gasteiger partial charge in [0.25, 0.3) is 5.91 Å². The summed E-state index contributed by atoms with van der Waals surface area (Å²) in [7, 11) is 0. The summed E-state index contributed by atoms with van der Waals surface area (Å²) in [5.41, 5.74) is 0.437. The highest BCUT2D eigenvalue weighted by atomic mass is 32.1. The summed E-state index contributed by atoms with van der Waals surface area (Å²) >= 11 is 1.17. The molecule has 0 aliphatic heterocycles. The van der Waals surface area contributed by atoms with Gasteiger partial charge in [-0.25, -0.2) is 4.39 Å². The Morgan fingerprint density at radius 1 is 1.37 bits per heavy atom. The van der Waals surface area contributed by atoms with E-state index in [0.717, 1.165) is 0 Å². The molecule has 2 N–H and O–H groups in total. The van der Waals surface area contributed by atoms with E-state index < -0.39 is 0 Å². The van der Waals surface area contributed by atoms with E-state index in [2.05, 4.69) is 20.8 Å². The van der Waals surface area contributed by atoms with Gasteiger partial charge in [0.15, 0.2) is 0 Å². The molecule has 1 amide bonds. The Kier molecular flexibility index (Phi) is 4.40. The molecule has 19 heavy (non-hydrogen) atoms. The molecule has 0 aliphatic rings. The van der Waals surface area contributed by atoms with E-state index >= 15 is 0 Å². The van der Waals surface area contributed by atoms with Crippen LogP contribution < -0.4 is 10.6 Å². The Bertz CT molecular complexity index is 572. The van der Waals surface area contributed by atoms with Crippen molar-refractivity contribution in [1.29, 1.82) is 0 Å². The zero-order chi connectivity index (χ0) is 13.7. The summed E-state index contributed by atoms with van der Waals surface area (Å²) in [5, 5.41) is 14.0. The Morgan fingerprint density at radius 3 is 2.89 bits per heavy atom. The average molecular weight is 280 g/mol. The minimum absolute atomic E-state index is 0.127.